The maximum absolute atomic E-state index is 4.42. The van der Waals surface area contributed by atoms with Crippen molar-refractivity contribution in [2.24, 2.45) is 0 Å². The van der Waals surface area contributed by atoms with Gasteiger partial charge in [0.25, 0.3) is 0 Å². The lowest BCUT2D eigenvalue weighted by Gasteiger charge is -2.08. The largest absolute Gasteiger partial charge is 0.368 e. The van der Waals surface area contributed by atoms with E-state index in [4.69, 9.17) is 0 Å². The van der Waals surface area contributed by atoms with Crippen LogP contribution in [0.25, 0.3) is 10.9 Å². The number of aromatic nitrogens is 2. The van der Waals surface area contributed by atoms with Gasteiger partial charge in [-0.3, -0.25) is 0 Å². The first-order valence-corrected chi connectivity index (χ1v) is 5.43. The number of nitrogens with one attached hydrogen (secondary N) is 2. The predicted molar refractivity (Wildman–Crippen MR) is 66.7 cm³/mol. The molecule has 2 aromatic rings. The summed E-state index contributed by atoms with van der Waals surface area (Å²) in [5, 5.41) is 7.48. The fourth-order valence-corrected chi connectivity index (χ4v) is 1.63. The van der Waals surface area contributed by atoms with E-state index < -0.39 is 0 Å². The van der Waals surface area contributed by atoms with E-state index in [1.807, 2.05) is 38.2 Å². The molecule has 0 aliphatic rings. The van der Waals surface area contributed by atoms with Crippen LogP contribution in [0.1, 0.15) is 5.82 Å². The fraction of sp³-hybridized carbons (Fsp3) is 0.333. The van der Waals surface area contributed by atoms with E-state index in [2.05, 4.69) is 20.6 Å². The Morgan fingerprint density at radius 3 is 2.75 bits per heavy atom. The number of hydrogen-bond donors (Lipinski definition) is 2. The Kier molecular flexibility index (Phi) is 3.31. The number of likely N-dealkylation sites (N-methyl/N-ethyl adjacent to an activating group) is 1. The SMILES string of the molecule is CNCCNc1nc(C)nc2ccccc12. The van der Waals surface area contributed by atoms with Gasteiger partial charge in [0.05, 0.1) is 5.52 Å². The monoisotopic (exact) mass is 216 g/mol. The standard InChI is InChI=1S/C12H16N4/c1-9-15-11-6-4-3-5-10(11)12(16-9)14-8-7-13-2/h3-6,13H,7-8H2,1-2H3,(H,14,15,16). The molecule has 1 aromatic heterocycles. The molecule has 1 heterocycles. The summed E-state index contributed by atoms with van der Waals surface area (Å²) in [6.45, 7) is 3.68. The number of rotatable bonds is 4. The number of fused-ring (bicyclic) bond motifs is 1. The molecule has 0 aliphatic carbocycles. The van der Waals surface area contributed by atoms with Gasteiger partial charge in [0.15, 0.2) is 0 Å². The van der Waals surface area contributed by atoms with E-state index >= 15 is 0 Å². The summed E-state index contributed by atoms with van der Waals surface area (Å²) < 4.78 is 0. The van der Waals surface area contributed by atoms with Crippen molar-refractivity contribution in [1.82, 2.24) is 15.3 Å². The smallest absolute Gasteiger partial charge is 0.137 e. The molecule has 0 unspecified atom stereocenters. The molecule has 4 heteroatoms. The molecule has 0 bridgehead atoms. The van der Waals surface area contributed by atoms with Gasteiger partial charge in [-0.05, 0) is 26.1 Å². The summed E-state index contributed by atoms with van der Waals surface area (Å²) in [4.78, 5) is 8.82. The van der Waals surface area contributed by atoms with E-state index in [0.717, 1.165) is 35.6 Å². The van der Waals surface area contributed by atoms with Gasteiger partial charge in [0.2, 0.25) is 0 Å². The second kappa shape index (κ2) is 4.90. The molecular formula is C12H16N4. The zero-order valence-corrected chi connectivity index (χ0v) is 9.62. The number of anilines is 1. The highest BCUT2D eigenvalue weighted by Gasteiger charge is 2.03. The molecule has 2 rings (SSSR count). The Morgan fingerprint density at radius 1 is 1.12 bits per heavy atom. The van der Waals surface area contributed by atoms with Crippen LogP contribution in [0.15, 0.2) is 24.3 Å². The summed E-state index contributed by atoms with van der Waals surface area (Å²) in [7, 11) is 1.94. The molecule has 0 aliphatic heterocycles. The Bertz CT molecular complexity index is 481. The minimum atomic E-state index is 0.797. The quantitative estimate of drug-likeness (QED) is 0.762. The molecular weight excluding hydrogens is 200 g/mol. The van der Waals surface area contributed by atoms with Crippen LogP contribution in [-0.2, 0) is 0 Å². The lowest BCUT2D eigenvalue weighted by atomic mass is 10.2. The van der Waals surface area contributed by atoms with Gasteiger partial charge in [-0.25, -0.2) is 9.97 Å². The van der Waals surface area contributed by atoms with Crippen LogP contribution in [0.4, 0.5) is 5.82 Å². The minimum Gasteiger partial charge on any atom is -0.368 e. The van der Waals surface area contributed by atoms with E-state index in [1.54, 1.807) is 0 Å². The van der Waals surface area contributed by atoms with Crippen LogP contribution in [0.5, 0.6) is 0 Å². The van der Waals surface area contributed by atoms with Crippen LogP contribution in [-0.4, -0.2) is 30.1 Å². The first-order chi connectivity index (χ1) is 7.81. The Balaban J connectivity index is 2.34. The maximum atomic E-state index is 4.42. The number of benzene rings is 1. The third kappa shape index (κ3) is 2.28. The van der Waals surface area contributed by atoms with Gasteiger partial charge in [-0.15, -0.1) is 0 Å². The highest BCUT2D eigenvalue weighted by molar-refractivity contribution is 5.88. The molecule has 84 valence electrons. The summed E-state index contributed by atoms with van der Waals surface area (Å²) in [6, 6.07) is 8.04. The zero-order valence-electron chi connectivity index (χ0n) is 9.62. The van der Waals surface area contributed by atoms with Crippen LogP contribution in [0.2, 0.25) is 0 Å². The van der Waals surface area contributed by atoms with Gasteiger partial charge in [0.1, 0.15) is 11.6 Å². The number of para-hydroxylation sites is 1. The number of hydrogen-bond acceptors (Lipinski definition) is 4. The van der Waals surface area contributed by atoms with E-state index in [1.165, 1.54) is 0 Å². The Hall–Kier alpha value is -1.68. The molecule has 16 heavy (non-hydrogen) atoms. The predicted octanol–water partition coefficient (Wildman–Crippen LogP) is 1.57. The normalized spacial score (nSPS) is 10.6. The van der Waals surface area contributed by atoms with Crippen molar-refractivity contribution in [2.45, 2.75) is 6.92 Å². The van der Waals surface area contributed by atoms with Crippen molar-refractivity contribution in [2.75, 3.05) is 25.5 Å². The van der Waals surface area contributed by atoms with Crippen LogP contribution >= 0.6 is 0 Å². The third-order valence-corrected chi connectivity index (χ3v) is 2.38. The molecule has 0 fully saturated rings. The summed E-state index contributed by atoms with van der Waals surface area (Å²) in [5.41, 5.74) is 0.988. The van der Waals surface area contributed by atoms with Crippen molar-refractivity contribution in [3.63, 3.8) is 0 Å². The van der Waals surface area contributed by atoms with E-state index in [-0.39, 0.29) is 0 Å². The molecule has 1 aromatic carbocycles. The lowest BCUT2D eigenvalue weighted by Crippen LogP contribution is -2.18. The molecule has 4 nitrogen and oxygen atoms in total. The van der Waals surface area contributed by atoms with E-state index in [0.29, 0.717) is 0 Å². The van der Waals surface area contributed by atoms with E-state index in [9.17, 15) is 0 Å². The summed E-state index contributed by atoms with van der Waals surface area (Å²) >= 11 is 0. The Labute approximate surface area is 95.1 Å². The lowest BCUT2D eigenvalue weighted by molar-refractivity contribution is 0.821. The first-order valence-electron chi connectivity index (χ1n) is 5.43. The van der Waals surface area contributed by atoms with Gasteiger partial charge in [0, 0.05) is 18.5 Å². The first kappa shape index (κ1) is 10.8. The van der Waals surface area contributed by atoms with Crippen LogP contribution in [0.3, 0.4) is 0 Å². The molecule has 2 N–H and O–H groups in total. The van der Waals surface area contributed by atoms with Crippen molar-refractivity contribution < 1.29 is 0 Å². The third-order valence-electron chi connectivity index (χ3n) is 2.38. The summed E-state index contributed by atoms with van der Waals surface area (Å²) in [5.74, 6) is 1.71. The number of nitrogens with zero attached hydrogens (tertiary/aromatic N) is 2. The van der Waals surface area contributed by atoms with Crippen LogP contribution < -0.4 is 10.6 Å². The van der Waals surface area contributed by atoms with Gasteiger partial charge in [-0.2, -0.15) is 0 Å². The van der Waals surface area contributed by atoms with Crippen molar-refractivity contribution in [1.29, 1.82) is 0 Å². The molecule has 0 amide bonds. The van der Waals surface area contributed by atoms with Gasteiger partial charge >= 0.3 is 0 Å². The highest BCUT2D eigenvalue weighted by atomic mass is 15.0. The highest BCUT2D eigenvalue weighted by Crippen LogP contribution is 2.19. The zero-order chi connectivity index (χ0) is 11.4. The molecule has 0 spiro atoms. The second-order valence-electron chi connectivity index (χ2n) is 3.67. The minimum absolute atomic E-state index is 0.797. The number of aryl methyl sites for hydroxylation is 1. The molecule has 0 saturated carbocycles. The summed E-state index contributed by atoms with van der Waals surface area (Å²) in [6.07, 6.45) is 0. The van der Waals surface area contributed by atoms with Gasteiger partial charge < -0.3 is 10.6 Å². The average molecular weight is 216 g/mol. The Morgan fingerprint density at radius 2 is 1.94 bits per heavy atom. The topological polar surface area (TPSA) is 49.8 Å². The fourth-order valence-electron chi connectivity index (χ4n) is 1.63. The van der Waals surface area contributed by atoms with Gasteiger partial charge in [-0.1, -0.05) is 12.1 Å². The molecule has 0 atom stereocenters. The second-order valence-corrected chi connectivity index (χ2v) is 3.67. The van der Waals surface area contributed by atoms with Crippen molar-refractivity contribution in [3.8, 4) is 0 Å². The molecule has 0 radical (unpaired) electrons. The van der Waals surface area contributed by atoms with Crippen molar-refractivity contribution >= 4 is 16.7 Å². The van der Waals surface area contributed by atoms with Crippen molar-refractivity contribution in [3.05, 3.63) is 30.1 Å². The maximum Gasteiger partial charge on any atom is 0.137 e. The molecule has 0 saturated heterocycles. The average Bonchev–Trinajstić information content (AvgIpc) is 2.29. The van der Waals surface area contributed by atoms with Crippen LogP contribution in [0, 0.1) is 6.92 Å².